The number of rotatable bonds is 6. The van der Waals surface area contributed by atoms with E-state index in [2.05, 4.69) is 10.3 Å². The summed E-state index contributed by atoms with van der Waals surface area (Å²) in [6.45, 7) is 6.22. The maximum absolute atomic E-state index is 12.3. The number of likely N-dealkylation sites (tertiary alicyclic amines) is 1. The van der Waals surface area contributed by atoms with E-state index in [1.807, 2.05) is 12.1 Å². The Kier molecular flexibility index (Phi) is 6.36. The van der Waals surface area contributed by atoms with Crippen LogP contribution in [0.4, 0.5) is 4.79 Å². The number of carbonyl (C=O) groups is 2. The first-order valence-electron chi connectivity index (χ1n) is 8.57. The highest BCUT2D eigenvalue weighted by molar-refractivity contribution is 5.87. The average Bonchev–Trinajstić information content (AvgIpc) is 2.49. The lowest BCUT2D eigenvalue weighted by atomic mass is 10.00. The molecule has 2 amide bonds. The zero-order valence-electron chi connectivity index (χ0n) is 15.1. The second-order valence-corrected chi connectivity index (χ2v) is 7.34. The van der Waals surface area contributed by atoms with Gasteiger partial charge in [0, 0.05) is 38.0 Å². The number of nitrogens with zero attached hydrogens (tertiary/aromatic N) is 2. The lowest BCUT2D eigenvalue weighted by Crippen LogP contribution is -2.59. The minimum atomic E-state index is -0.584. The van der Waals surface area contributed by atoms with Crippen LogP contribution in [0.1, 0.15) is 32.8 Å². The minimum absolute atomic E-state index is 0.0321. The second kappa shape index (κ2) is 8.29. The van der Waals surface area contributed by atoms with Gasteiger partial charge >= 0.3 is 6.09 Å². The number of aromatic nitrogens is 1. The van der Waals surface area contributed by atoms with Gasteiger partial charge in [0.25, 0.3) is 0 Å². The largest absolute Gasteiger partial charge is 0.444 e. The minimum Gasteiger partial charge on any atom is -0.444 e. The zero-order valence-corrected chi connectivity index (χ0v) is 15.1. The molecule has 2 N–H and O–H groups in total. The SMILES string of the molecule is CC(C)(C)OC(=O)N1CC[C@@H]1C(=O)NC[C@@H](CO)Cc1cccnc1. The molecule has 0 bridgehead atoms. The number of hydrogen-bond donors (Lipinski definition) is 2. The first kappa shape index (κ1) is 19.2. The van der Waals surface area contributed by atoms with E-state index in [0.29, 0.717) is 25.9 Å². The molecule has 0 spiro atoms. The van der Waals surface area contributed by atoms with Gasteiger partial charge in [0.05, 0.1) is 0 Å². The Labute approximate surface area is 148 Å². The molecule has 0 saturated carbocycles. The van der Waals surface area contributed by atoms with Crippen molar-refractivity contribution < 1.29 is 19.4 Å². The van der Waals surface area contributed by atoms with Crippen LogP contribution in [0.5, 0.6) is 0 Å². The Hall–Kier alpha value is -2.15. The van der Waals surface area contributed by atoms with Crippen molar-refractivity contribution >= 4 is 12.0 Å². The molecule has 0 unspecified atom stereocenters. The summed E-state index contributed by atoms with van der Waals surface area (Å²) in [4.78, 5) is 29.9. The van der Waals surface area contributed by atoms with Crippen molar-refractivity contribution in [2.24, 2.45) is 5.92 Å². The predicted octanol–water partition coefficient (Wildman–Crippen LogP) is 1.36. The predicted molar refractivity (Wildman–Crippen MR) is 92.9 cm³/mol. The van der Waals surface area contributed by atoms with Crippen molar-refractivity contribution in [1.29, 1.82) is 0 Å². The Bertz CT molecular complexity index is 586. The Balaban J connectivity index is 1.81. The standard InChI is InChI=1S/C18H27N3O4/c1-18(2,3)25-17(24)21-8-6-15(21)16(23)20-11-14(12-22)9-13-5-4-7-19-10-13/h4-5,7,10,14-15,22H,6,8-9,11-12H2,1-3H3,(H,20,23)/t14-,15+/m0/s1. The first-order chi connectivity index (χ1) is 11.8. The molecule has 138 valence electrons. The van der Waals surface area contributed by atoms with Crippen LogP contribution in [-0.4, -0.2) is 58.3 Å². The molecule has 2 heterocycles. The Morgan fingerprint density at radius 2 is 2.24 bits per heavy atom. The third-order valence-electron chi connectivity index (χ3n) is 4.02. The van der Waals surface area contributed by atoms with Crippen molar-refractivity contribution in [3.05, 3.63) is 30.1 Å². The molecule has 0 aliphatic carbocycles. The molecule has 0 aromatic carbocycles. The summed E-state index contributed by atoms with van der Waals surface area (Å²) in [5.41, 5.74) is 0.425. The zero-order chi connectivity index (χ0) is 18.4. The molecule has 7 heteroatoms. The lowest BCUT2D eigenvalue weighted by Gasteiger charge is -2.40. The molecule has 1 aliphatic rings. The summed E-state index contributed by atoms with van der Waals surface area (Å²) in [7, 11) is 0. The summed E-state index contributed by atoms with van der Waals surface area (Å²) in [5, 5.41) is 12.4. The quantitative estimate of drug-likeness (QED) is 0.809. The third-order valence-corrected chi connectivity index (χ3v) is 4.02. The van der Waals surface area contributed by atoms with Gasteiger partial charge in [-0.05, 0) is 45.2 Å². The summed E-state index contributed by atoms with van der Waals surface area (Å²) in [6.07, 6.45) is 4.23. The van der Waals surface area contributed by atoms with E-state index in [-0.39, 0.29) is 18.4 Å². The van der Waals surface area contributed by atoms with Crippen LogP contribution in [-0.2, 0) is 16.0 Å². The third kappa shape index (κ3) is 5.70. The van der Waals surface area contributed by atoms with Gasteiger partial charge in [0.2, 0.25) is 5.91 Å². The normalized spacial score (nSPS) is 18.2. The molecule has 1 fully saturated rings. The van der Waals surface area contributed by atoms with Gasteiger partial charge < -0.3 is 15.2 Å². The van der Waals surface area contributed by atoms with E-state index in [9.17, 15) is 14.7 Å². The number of aliphatic hydroxyl groups is 1. The second-order valence-electron chi connectivity index (χ2n) is 7.34. The number of hydrogen-bond acceptors (Lipinski definition) is 5. The monoisotopic (exact) mass is 349 g/mol. The van der Waals surface area contributed by atoms with Crippen molar-refractivity contribution in [2.75, 3.05) is 19.7 Å². The van der Waals surface area contributed by atoms with Gasteiger partial charge in [-0.2, -0.15) is 0 Å². The fourth-order valence-electron chi connectivity index (χ4n) is 2.62. The van der Waals surface area contributed by atoms with Gasteiger partial charge in [-0.3, -0.25) is 14.7 Å². The van der Waals surface area contributed by atoms with Crippen LogP contribution in [0.15, 0.2) is 24.5 Å². The van der Waals surface area contributed by atoms with Gasteiger partial charge in [0.1, 0.15) is 11.6 Å². The van der Waals surface area contributed by atoms with Gasteiger partial charge in [-0.15, -0.1) is 0 Å². The maximum atomic E-state index is 12.3. The molecule has 25 heavy (non-hydrogen) atoms. The van der Waals surface area contributed by atoms with Gasteiger partial charge in [-0.25, -0.2) is 4.79 Å². The van der Waals surface area contributed by atoms with Crippen molar-refractivity contribution in [3.63, 3.8) is 0 Å². The molecule has 1 aliphatic heterocycles. The molecule has 2 atom stereocenters. The lowest BCUT2D eigenvalue weighted by molar-refractivity contribution is -0.130. The van der Waals surface area contributed by atoms with E-state index in [1.54, 1.807) is 33.2 Å². The Morgan fingerprint density at radius 3 is 2.76 bits per heavy atom. The van der Waals surface area contributed by atoms with E-state index in [4.69, 9.17) is 4.74 Å². The van der Waals surface area contributed by atoms with E-state index in [0.717, 1.165) is 5.56 Å². The van der Waals surface area contributed by atoms with Crippen LogP contribution in [0, 0.1) is 5.92 Å². The molecule has 0 radical (unpaired) electrons. The summed E-state index contributed by atoms with van der Waals surface area (Å²) < 4.78 is 5.31. The van der Waals surface area contributed by atoms with Gasteiger partial charge in [0.15, 0.2) is 0 Å². The summed E-state index contributed by atoms with van der Waals surface area (Å²) in [5.74, 6) is -0.301. The van der Waals surface area contributed by atoms with E-state index >= 15 is 0 Å². The van der Waals surface area contributed by atoms with Crippen LogP contribution >= 0.6 is 0 Å². The average molecular weight is 349 g/mol. The molecular weight excluding hydrogens is 322 g/mol. The van der Waals surface area contributed by atoms with Crippen molar-refractivity contribution in [1.82, 2.24) is 15.2 Å². The number of aliphatic hydroxyl groups excluding tert-OH is 1. The number of pyridine rings is 1. The fraction of sp³-hybridized carbons (Fsp3) is 0.611. The molecule has 2 rings (SSSR count). The van der Waals surface area contributed by atoms with Crippen LogP contribution in [0.25, 0.3) is 0 Å². The van der Waals surface area contributed by atoms with Gasteiger partial charge in [-0.1, -0.05) is 6.07 Å². The van der Waals surface area contributed by atoms with E-state index in [1.165, 1.54) is 4.90 Å². The summed E-state index contributed by atoms with van der Waals surface area (Å²) >= 11 is 0. The number of nitrogens with one attached hydrogen (secondary N) is 1. The Morgan fingerprint density at radius 1 is 1.48 bits per heavy atom. The number of amides is 2. The topological polar surface area (TPSA) is 91.8 Å². The molecular formula is C18H27N3O4. The van der Waals surface area contributed by atoms with Crippen molar-refractivity contribution in [3.8, 4) is 0 Å². The van der Waals surface area contributed by atoms with Crippen LogP contribution in [0.3, 0.4) is 0 Å². The number of carbonyl (C=O) groups excluding carboxylic acids is 2. The molecule has 1 aromatic rings. The highest BCUT2D eigenvalue weighted by atomic mass is 16.6. The van der Waals surface area contributed by atoms with Crippen LogP contribution < -0.4 is 5.32 Å². The smallest absolute Gasteiger partial charge is 0.410 e. The number of ether oxygens (including phenoxy) is 1. The highest BCUT2D eigenvalue weighted by Crippen LogP contribution is 2.21. The molecule has 1 aromatic heterocycles. The fourth-order valence-corrected chi connectivity index (χ4v) is 2.62. The highest BCUT2D eigenvalue weighted by Gasteiger charge is 2.39. The molecule has 1 saturated heterocycles. The molecule has 7 nitrogen and oxygen atoms in total. The van der Waals surface area contributed by atoms with Crippen molar-refractivity contribution in [2.45, 2.75) is 45.3 Å². The maximum Gasteiger partial charge on any atom is 0.410 e. The van der Waals surface area contributed by atoms with Crippen LogP contribution in [0.2, 0.25) is 0 Å². The summed E-state index contributed by atoms with van der Waals surface area (Å²) in [6, 6.07) is 3.29. The first-order valence-corrected chi connectivity index (χ1v) is 8.57. The van der Waals surface area contributed by atoms with E-state index < -0.39 is 17.7 Å².